The fourth-order valence-corrected chi connectivity index (χ4v) is 1.10. The summed E-state index contributed by atoms with van der Waals surface area (Å²) in [5.41, 5.74) is -2.11. The SMILES string of the molecule is C=C(Cn1cc(C(F)(F)F)ccc1=O)C(=O)O. The molecular weight excluding hydrogens is 239 g/mol. The molecule has 0 aromatic carbocycles. The van der Waals surface area contributed by atoms with Crippen molar-refractivity contribution in [1.82, 2.24) is 4.57 Å². The summed E-state index contributed by atoms with van der Waals surface area (Å²) in [4.78, 5) is 21.7. The number of alkyl halides is 3. The van der Waals surface area contributed by atoms with E-state index in [1.165, 1.54) is 0 Å². The number of aromatic nitrogens is 1. The van der Waals surface area contributed by atoms with Crippen LogP contribution in [0.3, 0.4) is 0 Å². The van der Waals surface area contributed by atoms with E-state index in [1.807, 2.05) is 0 Å². The molecular formula is C10H8F3NO3. The van der Waals surface area contributed by atoms with Crippen LogP contribution in [-0.4, -0.2) is 15.6 Å². The van der Waals surface area contributed by atoms with Crippen LogP contribution in [0.1, 0.15) is 5.56 Å². The molecule has 0 bridgehead atoms. The Balaban J connectivity index is 3.12. The normalized spacial score (nSPS) is 11.2. The summed E-state index contributed by atoms with van der Waals surface area (Å²) >= 11 is 0. The van der Waals surface area contributed by atoms with Crippen molar-refractivity contribution in [3.63, 3.8) is 0 Å². The van der Waals surface area contributed by atoms with E-state index in [0.717, 1.165) is 6.07 Å². The molecule has 92 valence electrons. The van der Waals surface area contributed by atoms with Gasteiger partial charge in [0.15, 0.2) is 0 Å². The highest BCUT2D eigenvalue weighted by Crippen LogP contribution is 2.28. The van der Waals surface area contributed by atoms with Gasteiger partial charge in [-0.15, -0.1) is 0 Å². The number of aliphatic carboxylic acids is 1. The lowest BCUT2D eigenvalue weighted by atomic mass is 10.2. The Hall–Kier alpha value is -2.05. The molecule has 1 N–H and O–H groups in total. The molecule has 0 unspecified atom stereocenters. The zero-order valence-electron chi connectivity index (χ0n) is 8.49. The monoisotopic (exact) mass is 247 g/mol. The molecule has 0 aliphatic carbocycles. The zero-order chi connectivity index (χ0) is 13.2. The molecule has 7 heteroatoms. The summed E-state index contributed by atoms with van der Waals surface area (Å²) in [6, 6.07) is 1.38. The number of nitrogens with zero attached hydrogens (tertiary/aromatic N) is 1. The number of hydrogen-bond donors (Lipinski definition) is 1. The predicted molar refractivity (Wildman–Crippen MR) is 52.5 cm³/mol. The van der Waals surface area contributed by atoms with Crippen LogP contribution < -0.4 is 5.56 Å². The van der Waals surface area contributed by atoms with Crippen molar-refractivity contribution < 1.29 is 23.1 Å². The van der Waals surface area contributed by atoms with Crippen LogP contribution in [0, 0.1) is 0 Å². The Morgan fingerprint density at radius 1 is 1.41 bits per heavy atom. The molecule has 17 heavy (non-hydrogen) atoms. The van der Waals surface area contributed by atoms with Crippen LogP contribution in [0.2, 0.25) is 0 Å². The lowest BCUT2D eigenvalue weighted by molar-refractivity contribution is -0.138. The largest absolute Gasteiger partial charge is 0.478 e. The Morgan fingerprint density at radius 2 is 2.00 bits per heavy atom. The predicted octanol–water partition coefficient (Wildman–Crippen LogP) is 1.51. The van der Waals surface area contributed by atoms with E-state index in [2.05, 4.69) is 6.58 Å². The number of carboxylic acids is 1. The molecule has 0 aliphatic heterocycles. The second-order valence-corrected chi connectivity index (χ2v) is 3.29. The molecule has 0 radical (unpaired) electrons. The fraction of sp³-hybridized carbons (Fsp3) is 0.200. The number of rotatable bonds is 3. The first-order chi connectivity index (χ1) is 7.71. The van der Waals surface area contributed by atoms with E-state index in [4.69, 9.17) is 5.11 Å². The lowest BCUT2D eigenvalue weighted by Gasteiger charge is -2.10. The quantitative estimate of drug-likeness (QED) is 0.823. The smallest absolute Gasteiger partial charge is 0.417 e. The zero-order valence-corrected chi connectivity index (χ0v) is 8.49. The van der Waals surface area contributed by atoms with Gasteiger partial charge in [-0.3, -0.25) is 4.79 Å². The van der Waals surface area contributed by atoms with Crippen molar-refractivity contribution in [2.75, 3.05) is 0 Å². The van der Waals surface area contributed by atoms with Crippen LogP contribution in [0.25, 0.3) is 0 Å². The molecule has 1 aromatic rings. The molecule has 1 heterocycles. The van der Waals surface area contributed by atoms with E-state index < -0.39 is 29.8 Å². The second kappa shape index (κ2) is 4.44. The van der Waals surface area contributed by atoms with E-state index in [-0.39, 0.29) is 5.57 Å². The Morgan fingerprint density at radius 3 is 2.47 bits per heavy atom. The highest BCUT2D eigenvalue weighted by atomic mass is 19.4. The number of pyridine rings is 1. The fourth-order valence-electron chi connectivity index (χ4n) is 1.10. The molecule has 1 rings (SSSR count). The topological polar surface area (TPSA) is 59.3 Å². The minimum atomic E-state index is -4.58. The molecule has 4 nitrogen and oxygen atoms in total. The van der Waals surface area contributed by atoms with Crippen molar-refractivity contribution in [2.45, 2.75) is 12.7 Å². The average molecular weight is 247 g/mol. The molecule has 0 amide bonds. The van der Waals surface area contributed by atoms with E-state index in [0.29, 0.717) is 16.8 Å². The summed E-state index contributed by atoms with van der Waals surface area (Å²) in [7, 11) is 0. The number of halogens is 3. The van der Waals surface area contributed by atoms with Crippen molar-refractivity contribution in [3.8, 4) is 0 Å². The van der Waals surface area contributed by atoms with Crippen molar-refractivity contribution >= 4 is 5.97 Å². The maximum Gasteiger partial charge on any atom is 0.417 e. The first kappa shape index (κ1) is 13.0. The maximum atomic E-state index is 12.3. The van der Waals surface area contributed by atoms with Gasteiger partial charge in [-0.1, -0.05) is 6.58 Å². The number of carbonyl (C=O) groups is 1. The van der Waals surface area contributed by atoms with Crippen LogP contribution in [0.4, 0.5) is 13.2 Å². The number of hydrogen-bond acceptors (Lipinski definition) is 2. The molecule has 0 fully saturated rings. The third-order valence-corrected chi connectivity index (χ3v) is 1.97. The van der Waals surface area contributed by atoms with Crippen LogP contribution >= 0.6 is 0 Å². The van der Waals surface area contributed by atoms with Gasteiger partial charge in [0.25, 0.3) is 5.56 Å². The minimum absolute atomic E-state index is 0.369. The Kier molecular flexibility index (Phi) is 3.40. The molecule has 0 saturated heterocycles. The molecule has 0 saturated carbocycles. The first-order valence-corrected chi connectivity index (χ1v) is 4.40. The third-order valence-electron chi connectivity index (χ3n) is 1.97. The van der Waals surface area contributed by atoms with Gasteiger partial charge >= 0.3 is 12.1 Å². The van der Waals surface area contributed by atoms with E-state index >= 15 is 0 Å². The average Bonchev–Trinajstić information content (AvgIpc) is 2.19. The standard InChI is InChI=1S/C10H8F3NO3/c1-6(9(16)17)4-14-5-7(10(11,12)13)2-3-8(14)15/h2-3,5H,1,4H2,(H,16,17). The van der Waals surface area contributed by atoms with Gasteiger partial charge in [-0.05, 0) is 6.07 Å². The first-order valence-electron chi connectivity index (χ1n) is 4.40. The van der Waals surface area contributed by atoms with Gasteiger partial charge in [-0.2, -0.15) is 13.2 Å². The Bertz CT molecular complexity index is 516. The van der Waals surface area contributed by atoms with Gasteiger partial charge in [0.2, 0.25) is 0 Å². The maximum absolute atomic E-state index is 12.3. The van der Waals surface area contributed by atoms with Crippen LogP contribution in [-0.2, 0) is 17.5 Å². The highest BCUT2D eigenvalue weighted by molar-refractivity contribution is 5.85. The van der Waals surface area contributed by atoms with Gasteiger partial charge < -0.3 is 9.67 Å². The molecule has 0 aliphatic rings. The summed E-state index contributed by atoms with van der Waals surface area (Å²) in [5.74, 6) is -1.37. The summed E-state index contributed by atoms with van der Waals surface area (Å²) in [5, 5.41) is 8.53. The number of carboxylic acid groups (broad SMARTS) is 1. The van der Waals surface area contributed by atoms with Crippen LogP contribution in [0.15, 0.2) is 35.3 Å². The Labute approximate surface area is 93.6 Å². The molecule has 0 spiro atoms. The summed E-state index contributed by atoms with van der Waals surface area (Å²) in [6.07, 6.45) is -4.02. The second-order valence-electron chi connectivity index (χ2n) is 3.29. The molecule has 1 aromatic heterocycles. The highest BCUT2D eigenvalue weighted by Gasteiger charge is 2.31. The van der Waals surface area contributed by atoms with Crippen LogP contribution in [0.5, 0.6) is 0 Å². The molecule has 0 atom stereocenters. The van der Waals surface area contributed by atoms with E-state index in [9.17, 15) is 22.8 Å². The van der Waals surface area contributed by atoms with Crippen molar-refractivity contribution in [1.29, 1.82) is 0 Å². The van der Waals surface area contributed by atoms with Gasteiger partial charge in [0.1, 0.15) is 0 Å². The summed E-state index contributed by atoms with van der Waals surface area (Å²) < 4.78 is 37.7. The van der Waals surface area contributed by atoms with Gasteiger partial charge in [-0.25, -0.2) is 4.79 Å². The third kappa shape index (κ3) is 3.20. The van der Waals surface area contributed by atoms with E-state index in [1.54, 1.807) is 0 Å². The lowest BCUT2D eigenvalue weighted by Crippen LogP contribution is -2.23. The van der Waals surface area contributed by atoms with Gasteiger partial charge in [0, 0.05) is 17.8 Å². The van der Waals surface area contributed by atoms with Gasteiger partial charge in [0.05, 0.1) is 12.1 Å². The van der Waals surface area contributed by atoms with Crippen molar-refractivity contribution in [3.05, 3.63) is 46.4 Å². The minimum Gasteiger partial charge on any atom is -0.478 e. The summed E-state index contributed by atoms with van der Waals surface area (Å²) in [6.45, 7) is 2.65. The van der Waals surface area contributed by atoms with Crippen molar-refractivity contribution in [2.24, 2.45) is 0 Å².